The lowest BCUT2D eigenvalue weighted by Crippen LogP contribution is -2.19. The average molecular weight is 299 g/mol. The Morgan fingerprint density at radius 1 is 1.50 bits per heavy atom. The summed E-state index contributed by atoms with van der Waals surface area (Å²) in [7, 11) is 0. The topological polar surface area (TPSA) is 30.9 Å². The third kappa shape index (κ3) is 2.75. The van der Waals surface area contributed by atoms with Crippen LogP contribution in [0.15, 0.2) is 34.2 Å². The van der Waals surface area contributed by atoms with E-state index in [1.807, 2.05) is 6.92 Å². The van der Waals surface area contributed by atoms with E-state index in [4.69, 9.17) is 5.73 Å². The zero-order chi connectivity index (χ0) is 11.5. The van der Waals surface area contributed by atoms with Gasteiger partial charge in [0.25, 0.3) is 0 Å². The van der Waals surface area contributed by atoms with E-state index in [2.05, 4.69) is 50.3 Å². The first-order valence-corrected chi connectivity index (χ1v) is 6.95. The highest BCUT2D eigenvalue weighted by atomic mass is 79.9. The van der Waals surface area contributed by atoms with Gasteiger partial charge in [0.2, 0.25) is 0 Å². The molecule has 0 aliphatic heterocycles. The van der Waals surface area contributed by atoms with Crippen LogP contribution in [0, 0.1) is 0 Å². The molecule has 0 aromatic carbocycles. The summed E-state index contributed by atoms with van der Waals surface area (Å²) in [6.07, 6.45) is 3.04. The van der Waals surface area contributed by atoms with Crippen LogP contribution in [-0.4, -0.2) is 10.6 Å². The van der Waals surface area contributed by atoms with E-state index < -0.39 is 0 Å². The van der Waals surface area contributed by atoms with Crippen molar-refractivity contribution in [3.05, 3.63) is 44.8 Å². The molecule has 4 heteroatoms. The second-order valence-corrected chi connectivity index (χ2v) is 5.86. The van der Waals surface area contributed by atoms with Crippen LogP contribution < -0.4 is 5.73 Å². The quantitative estimate of drug-likeness (QED) is 0.923. The molecule has 16 heavy (non-hydrogen) atoms. The van der Waals surface area contributed by atoms with Crippen molar-refractivity contribution < 1.29 is 0 Å². The Morgan fingerprint density at radius 3 is 2.94 bits per heavy atom. The Labute approximate surface area is 108 Å². The summed E-state index contributed by atoms with van der Waals surface area (Å²) in [5.41, 5.74) is 7.14. The molecule has 0 amide bonds. The van der Waals surface area contributed by atoms with Crippen LogP contribution in [0.1, 0.15) is 17.5 Å². The molecule has 0 fully saturated rings. The van der Waals surface area contributed by atoms with Gasteiger partial charge in [0.05, 0.1) is 6.54 Å². The third-order valence-electron chi connectivity index (χ3n) is 2.46. The lowest BCUT2D eigenvalue weighted by Gasteiger charge is -2.10. The smallest absolute Gasteiger partial charge is 0.0577 e. The maximum Gasteiger partial charge on any atom is 0.0577 e. The Balaban J connectivity index is 2.16. The minimum Gasteiger partial charge on any atom is -0.346 e. The number of halogens is 1. The standard InChI is InChI=1S/C12H15BrN2S/c1-9(14)7-10-3-2-5-15(10)8-12-11(13)4-6-16-12/h2-6,9H,7-8,14H2,1H3. The molecule has 2 N–H and O–H groups in total. The normalized spacial score (nSPS) is 12.9. The minimum atomic E-state index is 0.209. The first-order chi connectivity index (χ1) is 7.66. The fourth-order valence-corrected chi connectivity index (χ4v) is 3.19. The first-order valence-electron chi connectivity index (χ1n) is 5.28. The van der Waals surface area contributed by atoms with Crippen molar-refractivity contribution in [2.75, 3.05) is 0 Å². The van der Waals surface area contributed by atoms with E-state index in [-0.39, 0.29) is 6.04 Å². The van der Waals surface area contributed by atoms with Crippen molar-refractivity contribution in [2.45, 2.75) is 25.9 Å². The predicted molar refractivity (Wildman–Crippen MR) is 72.9 cm³/mol. The summed E-state index contributed by atoms with van der Waals surface area (Å²) in [6.45, 7) is 2.96. The molecule has 0 saturated carbocycles. The van der Waals surface area contributed by atoms with E-state index in [1.165, 1.54) is 15.0 Å². The van der Waals surface area contributed by atoms with Crippen molar-refractivity contribution in [3.63, 3.8) is 0 Å². The predicted octanol–water partition coefficient (Wildman–Crippen LogP) is 3.25. The van der Waals surface area contributed by atoms with Crippen LogP contribution in [-0.2, 0) is 13.0 Å². The number of hydrogen-bond donors (Lipinski definition) is 1. The van der Waals surface area contributed by atoms with Gasteiger partial charge in [-0.05, 0) is 46.4 Å². The number of thiophene rings is 1. The van der Waals surface area contributed by atoms with Crippen LogP contribution in [0.3, 0.4) is 0 Å². The van der Waals surface area contributed by atoms with Gasteiger partial charge in [0.15, 0.2) is 0 Å². The Kier molecular flexibility index (Phi) is 3.84. The van der Waals surface area contributed by atoms with Gasteiger partial charge < -0.3 is 10.3 Å². The number of aromatic nitrogens is 1. The van der Waals surface area contributed by atoms with Crippen LogP contribution >= 0.6 is 27.3 Å². The first kappa shape index (κ1) is 11.9. The highest BCUT2D eigenvalue weighted by molar-refractivity contribution is 9.10. The molecule has 2 rings (SSSR count). The number of nitrogens with zero attached hydrogens (tertiary/aromatic N) is 1. The molecule has 0 aliphatic rings. The molecule has 2 aromatic heterocycles. The molecular weight excluding hydrogens is 284 g/mol. The molecule has 0 aliphatic carbocycles. The number of hydrogen-bond acceptors (Lipinski definition) is 2. The molecule has 1 unspecified atom stereocenters. The number of rotatable bonds is 4. The van der Waals surface area contributed by atoms with E-state index in [0.29, 0.717) is 0 Å². The zero-order valence-electron chi connectivity index (χ0n) is 9.19. The summed E-state index contributed by atoms with van der Waals surface area (Å²) in [5, 5.41) is 2.11. The monoisotopic (exact) mass is 298 g/mol. The molecule has 2 nitrogen and oxygen atoms in total. The molecule has 2 aromatic rings. The lowest BCUT2D eigenvalue weighted by atomic mass is 10.2. The summed E-state index contributed by atoms with van der Waals surface area (Å²) in [6, 6.07) is 6.53. The fraction of sp³-hybridized carbons (Fsp3) is 0.333. The molecule has 1 atom stereocenters. The van der Waals surface area contributed by atoms with Crippen LogP contribution in [0.5, 0.6) is 0 Å². The number of nitrogens with two attached hydrogens (primary N) is 1. The molecule has 2 heterocycles. The summed E-state index contributed by atoms with van der Waals surface area (Å²) in [5.74, 6) is 0. The van der Waals surface area contributed by atoms with Gasteiger partial charge in [-0.3, -0.25) is 0 Å². The highest BCUT2D eigenvalue weighted by Gasteiger charge is 2.07. The maximum atomic E-state index is 5.84. The van der Waals surface area contributed by atoms with Gasteiger partial charge in [-0.1, -0.05) is 0 Å². The largest absolute Gasteiger partial charge is 0.346 e. The van der Waals surface area contributed by atoms with Gasteiger partial charge >= 0.3 is 0 Å². The van der Waals surface area contributed by atoms with Crippen molar-refractivity contribution in [1.82, 2.24) is 4.57 Å². The van der Waals surface area contributed by atoms with E-state index in [9.17, 15) is 0 Å². The van der Waals surface area contributed by atoms with E-state index in [1.54, 1.807) is 11.3 Å². The zero-order valence-corrected chi connectivity index (χ0v) is 11.6. The van der Waals surface area contributed by atoms with Crippen molar-refractivity contribution in [3.8, 4) is 0 Å². The maximum absolute atomic E-state index is 5.84. The van der Waals surface area contributed by atoms with Gasteiger partial charge in [-0.2, -0.15) is 0 Å². The van der Waals surface area contributed by atoms with Crippen LogP contribution in [0.25, 0.3) is 0 Å². The van der Waals surface area contributed by atoms with Crippen molar-refractivity contribution >= 4 is 27.3 Å². The average Bonchev–Trinajstić information content (AvgIpc) is 2.78. The second kappa shape index (κ2) is 5.17. The van der Waals surface area contributed by atoms with Crippen molar-refractivity contribution in [1.29, 1.82) is 0 Å². The molecule has 86 valence electrons. The Morgan fingerprint density at radius 2 is 2.31 bits per heavy atom. The van der Waals surface area contributed by atoms with E-state index in [0.717, 1.165) is 13.0 Å². The molecule has 0 bridgehead atoms. The molecule has 0 spiro atoms. The summed E-state index contributed by atoms with van der Waals surface area (Å²) >= 11 is 5.34. The fourth-order valence-electron chi connectivity index (χ4n) is 1.71. The van der Waals surface area contributed by atoms with E-state index >= 15 is 0 Å². The van der Waals surface area contributed by atoms with Gasteiger partial charge in [-0.15, -0.1) is 11.3 Å². The van der Waals surface area contributed by atoms with Gasteiger partial charge in [0, 0.05) is 33.7 Å². The summed E-state index contributed by atoms with van der Waals surface area (Å²) in [4.78, 5) is 1.35. The van der Waals surface area contributed by atoms with Crippen LogP contribution in [0.4, 0.5) is 0 Å². The van der Waals surface area contributed by atoms with Crippen LogP contribution in [0.2, 0.25) is 0 Å². The molecular formula is C12H15BrN2S. The Hall–Kier alpha value is -0.580. The molecule has 0 saturated heterocycles. The minimum absolute atomic E-state index is 0.209. The highest BCUT2D eigenvalue weighted by Crippen LogP contribution is 2.24. The second-order valence-electron chi connectivity index (χ2n) is 4.00. The lowest BCUT2D eigenvalue weighted by molar-refractivity contribution is 0.668. The SMILES string of the molecule is CC(N)Cc1cccn1Cc1sccc1Br. The summed E-state index contributed by atoms with van der Waals surface area (Å²) < 4.78 is 3.46. The molecule has 0 radical (unpaired) electrons. The third-order valence-corrected chi connectivity index (χ3v) is 4.37. The Bertz CT molecular complexity index is 459. The van der Waals surface area contributed by atoms with Crippen molar-refractivity contribution in [2.24, 2.45) is 5.73 Å². The van der Waals surface area contributed by atoms with Gasteiger partial charge in [-0.25, -0.2) is 0 Å². The van der Waals surface area contributed by atoms with Gasteiger partial charge in [0.1, 0.15) is 0 Å².